The lowest BCUT2D eigenvalue weighted by Gasteiger charge is -2.23. The van der Waals surface area contributed by atoms with Gasteiger partial charge in [-0.15, -0.1) is 0 Å². The standard InChI is InChI=1S/C9H11N5O5S/c10-13-12-9(3-15)6(17)5(16)7(19-9)14-2-1-4(20)11-8(14)18/h1-2,5-7,15-17H,3H2,(H,11,18,20)/t5?,6?,7-,9-/m1/s1. The van der Waals surface area contributed by atoms with Gasteiger partial charge in [-0.25, -0.2) is 4.79 Å². The first-order valence-corrected chi connectivity index (χ1v) is 5.88. The summed E-state index contributed by atoms with van der Waals surface area (Å²) >= 11 is 4.77. The third-order valence-corrected chi connectivity index (χ3v) is 3.21. The lowest BCUT2D eigenvalue weighted by Crippen LogP contribution is -2.44. The quantitative estimate of drug-likeness (QED) is 0.246. The molecule has 4 atom stereocenters. The van der Waals surface area contributed by atoms with Crippen molar-refractivity contribution in [2.24, 2.45) is 5.11 Å². The summed E-state index contributed by atoms with van der Waals surface area (Å²) in [6.07, 6.45) is -3.34. The van der Waals surface area contributed by atoms with Crippen LogP contribution in [0.15, 0.2) is 22.2 Å². The van der Waals surface area contributed by atoms with Crippen molar-refractivity contribution in [2.45, 2.75) is 24.2 Å². The number of azide groups is 1. The molecule has 2 unspecified atom stereocenters. The van der Waals surface area contributed by atoms with Gasteiger partial charge in [0.05, 0.1) is 6.61 Å². The normalized spacial score (nSPS) is 32.9. The number of aliphatic hydroxyl groups is 3. The molecule has 1 aromatic heterocycles. The van der Waals surface area contributed by atoms with Gasteiger partial charge in [-0.1, -0.05) is 17.3 Å². The molecule has 1 aliphatic heterocycles. The van der Waals surface area contributed by atoms with Crippen molar-refractivity contribution in [1.29, 1.82) is 0 Å². The maximum absolute atomic E-state index is 11.7. The summed E-state index contributed by atoms with van der Waals surface area (Å²) < 4.78 is 6.33. The molecule has 0 aliphatic carbocycles. The molecule has 0 radical (unpaired) electrons. The van der Waals surface area contributed by atoms with E-state index in [0.717, 1.165) is 4.57 Å². The molecule has 1 fully saturated rings. The van der Waals surface area contributed by atoms with Crippen LogP contribution < -0.4 is 5.69 Å². The van der Waals surface area contributed by atoms with Gasteiger partial charge in [0.25, 0.3) is 0 Å². The van der Waals surface area contributed by atoms with Crippen LogP contribution in [0.2, 0.25) is 0 Å². The Morgan fingerprint density at radius 1 is 1.65 bits per heavy atom. The van der Waals surface area contributed by atoms with Crippen LogP contribution in [-0.4, -0.2) is 49.4 Å². The van der Waals surface area contributed by atoms with E-state index in [4.69, 9.17) is 22.5 Å². The number of aliphatic hydroxyl groups excluding tert-OH is 3. The fourth-order valence-electron chi connectivity index (χ4n) is 1.94. The Hall–Kier alpha value is -1.75. The Morgan fingerprint density at radius 2 is 2.35 bits per heavy atom. The predicted molar refractivity (Wildman–Crippen MR) is 67.0 cm³/mol. The van der Waals surface area contributed by atoms with Gasteiger partial charge in [0.15, 0.2) is 6.23 Å². The first-order chi connectivity index (χ1) is 9.45. The van der Waals surface area contributed by atoms with Crippen LogP contribution in [0.1, 0.15) is 6.23 Å². The highest BCUT2D eigenvalue weighted by Crippen LogP contribution is 2.37. The van der Waals surface area contributed by atoms with E-state index in [1.807, 2.05) is 0 Å². The third kappa shape index (κ3) is 2.22. The zero-order chi connectivity index (χ0) is 14.9. The van der Waals surface area contributed by atoms with Gasteiger partial charge in [0.2, 0.25) is 5.72 Å². The molecule has 11 heteroatoms. The Morgan fingerprint density at radius 3 is 2.90 bits per heavy atom. The van der Waals surface area contributed by atoms with Crippen LogP contribution in [0.25, 0.3) is 10.4 Å². The lowest BCUT2D eigenvalue weighted by atomic mass is 10.1. The van der Waals surface area contributed by atoms with E-state index in [2.05, 4.69) is 15.0 Å². The SMILES string of the molecule is [N-]=[N+]=N[C@]1(CO)O[C@@H](n2ccc(=S)[nH]c2=O)C(O)C1O. The lowest BCUT2D eigenvalue weighted by molar-refractivity contribution is -0.125. The van der Waals surface area contributed by atoms with Crippen molar-refractivity contribution in [1.82, 2.24) is 9.55 Å². The van der Waals surface area contributed by atoms with Crippen molar-refractivity contribution in [3.8, 4) is 0 Å². The summed E-state index contributed by atoms with van der Waals surface area (Å²) in [5, 5.41) is 32.2. The molecule has 1 aromatic rings. The summed E-state index contributed by atoms with van der Waals surface area (Å²) in [5.74, 6) is 0. The molecule has 2 heterocycles. The number of rotatable bonds is 3. The van der Waals surface area contributed by atoms with E-state index in [1.165, 1.54) is 12.3 Å². The topological polar surface area (TPSA) is 156 Å². The third-order valence-electron chi connectivity index (χ3n) is 2.97. The molecule has 4 N–H and O–H groups in total. The van der Waals surface area contributed by atoms with Crippen molar-refractivity contribution in [3.63, 3.8) is 0 Å². The number of hydrogen-bond donors (Lipinski definition) is 4. The molecule has 10 nitrogen and oxygen atoms in total. The number of aromatic amines is 1. The van der Waals surface area contributed by atoms with Gasteiger partial charge in [-0.3, -0.25) is 9.55 Å². The molecule has 0 bridgehead atoms. The average molecular weight is 301 g/mol. The number of nitrogens with zero attached hydrogens (tertiary/aromatic N) is 4. The smallest absolute Gasteiger partial charge is 0.328 e. The highest BCUT2D eigenvalue weighted by Gasteiger charge is 2.54. The summed E-state index contributed by atoms with van der Waals surface area (Å²) in [4.78, 5) is 16.5. The van der Waals surface area contributed by atoms with Crippen LogP contribution in [0.4, 0.5) is 0 Å². The molecule has 0 aromatic carbocycles. The summed E-state index contributed by atoms with van der Waals surface area (Å²) in [6, 6.07) is 1.38. The maximum Gasteiger partial charge on any atom is 0.328 e. The largest absolute Gasteiger partial charge is 0.393 e. The van der Waals surface area contributed by atoms with E-state index in [-0.39, 0.29) is 4.64 Å². The van der Waals surface area contributed by atoms with E-state index >= 15 is 0 Å². The molecule has 1 saturated heterocycles. The average Bonchev–Trinajstić information content (AvgIpc) is 2.65. The van der Waals surface area contributed by atoms with Crippen LogP contribution >= 0.6 is 12.2 Å². The molecule has 0 spiro atoms. The van der Waals surface area contributed by atoms with Crippen molar-refractivity contribution >= 4 is 12.2 Å². The zero-order valence-electron chi connectivity index (χ0n) is 9.95. The van der Waals surface area contributed by atoms with Crippen LogP contribution in [0.3, 0.4) is 0 Å². The summed E-state index contributed by atoms with van der Waals surface area (Å²) in [5.41, 5.74) is 5.73. The number of H-pyrrole nitrogens is 1. The molecular formula is C9H11N5O5S. The van der Waals surface area contributed by atoms with E-state index < -0.39 is 36.5 Å². The molecule has 20 heavy (non-hydrogen) atoms. The molecular weight excluding hydrogens is 290 g/mol. The van der Waals surface area contributed by atoms with Gasteiger partial charge < -0.3 is 20.1 Å². The van der Waals surface area contributed by atoms with Crippen LogP contribution in [0, 0.1) is 4.64 Å². The minimum Gasteiger partial charge on any atom is -0.393 e. The zero-order valence-corrected chi connectivity index (χ0v) is 10.8. The fraction of sp³-hybridized carbons (Fsp3) is 0.556. The van der Waals surface area contributed by atoms with E-state index in [0.29, 0.717) is 0 Å². The van der Waals surface area contributed by atoms with Gasteiger partial charge in [-0.2, -0.15) is 0 Å². The second-order valence-corrected chi connectivity index (χ2v) is 4.59. The van der Waals surface area contributed by atoms with E-state index in [1.54, 1.807) is 0 Å². The summed E-state index contributed by atoms with van der Waals surface area (Å²) in [7, 11) is 0. The Labute approximate surface area is 116 Å². The minimum absolute atomic E-state index is 0.183. The van der Waals surface area contributed by atoms with Crippen LogP contribution in [-0.2, 0) is 4.74 Å². The van der Waals surface area contributed by atoms with Crippen molar-refractivity contribution < 1.29 is 20.1 Å². The number of hydrogen-bond acceptors (Lipinski definition) is 7. The number of aromatic nitrogens is 2. The second kappa shape index (κ2) is 5.32. The predicted octanol–water partition coefficient (Wildman–Crippen LogP) is -0.845. The first-order valence-electron chi connectivity index (χ1n) is 5.48. The van der Waals surface area contributed by atoms with Gasteiger partial charge in [-0.05, 0) is 11.6 Å². The Balaban J connectivity index is 2.47. The van der Waals surface area contributed by atoms with Gasteiger partial charge in [0, 0.05) is 11.1 Å². The van der Waals surface area contributed by atoms with Gasteiger partial charge in [0.1, 0.15) is 16.8 Å². The number of ether oxygens (including phenoxy) is 1. The monoisotopic (exact) mass is 301 g/mol. The molecule has 0 amide bonds. The van der Waals surface area contributed by atoms with Crippen LogP contribution in [0.5, 0.6) is 0 Å². The highest BCUT2D eigenvalue weighted by atomic mass is 32.1. The molecule has 0 saturated carbocycles. The molecule has 2 rings (SSSR count). The number of nitrogens with one attached hydrogen (secondary N) is 1. The second-order valence-electron chi connectivity index (χ2n) is 4.15. The Kier molecular flexibility index (Phi) is 3.90. The molecule has 108 valence electrons. The fourth-order valence-corrected chi connectivity index (χ4v) is 2.09. The maximum atomic E-state index is 11.7. The summed E-state index contributed by atoms with van der Waals surface area (Å²) in [6.45, 7) is -0.858. The minimum atomic E-state index is -2.05. The van der Waals surface area contributed by atoms with Crippen molar-refractivity contribution in [3.05, 3.63) is 37.8 Å². The van der Waals surface area contributed by atoms with Gasteiger partial charge >= 0.3 is 5.69 Å². The highest BCUT2D eigenvalue weighted by molar-refractivity contribution is 7.71. The first kappa shape index (κ1) is 14.7. The van der Waals surface area contributed by atoms with Crippen molar-refractivity contribution in [2.75, 3.05) is 6.61 Å². The molecule has 1 aliphatic rings. The van der Waals surface area contributed by atoms with E-state index in [9.17, 15) is 20.1 Å². The Bertz CT molecular complexity index is 667.